The summed E-state index contributed by atoms with van der Waals surface area (Å²) in [5.41, 5.74) is -1.39. The second-order valence-electron chi connectivity index (χ2n) is 8.48. The van der Waals surface area contributed by atoms with Crippen molar-refractivity contribution in [2.75, 3.05) is 6.61 Å². The summed E-state index contributed by atoms with van der Waals surface area (Å²) in [5, 5.41) is 0. The lowest BCUT2D eigenvalue weighted by molar-refractivity contribution is -0.172. The minimum atomic E-state index is -0.734. The van der Waals surface area contributed by atoms with Gasteiger partial charge in [-0.3, -0.25) is 14.4 Å². The minimum Gasteiger partial charge on any atom is -0.458 e. The van der Waals surface area contributed by atoms with Crippen molar-refractivity contribution in [1.82, 2.24) is 0 Å². The van der Waals surface area contributed by atoms with Crippen LogP contribution in [0.3, 0.4) is 0 Å². The fraction of sp³-hybridized carbons (Fsp3) is 0.789. The summed E-state index contributed by atoms with van der Waals surface area (Å²) in [6, 6.07) is 0. The zero-order chi connectivity index (χ0) is 19.3. The van der Waals surface area contributed by atoms with E-state index in [1.807, 2.05) is 6.92 Å². The van der Waals surface area contributed by atoms with E-state index >= 15 is 0 Å². The highest BCUT2D eigenvalue weighted by atomic mass is 16.6. The van der Waals surface area contributed by atoms with Crippen LogP contribution in [0.4, 0.5) is 0 Å². The maximum absolute atomic E-state index is 12.4. The molecule has 26 heavy (non-hydrogen) atoms. The lowest BCUT2D eigenvalue weighted by Crippen LogP contribution is -2.41. The molecule has 1 aliphatic heterocycles. The molecule has 1 heterocycles. The SMILES string of the molecule is CCC(C)(C)C(=O)OCC(=O)OC1C2CC3C1OC(=O)C3(CC(C)=O)C2. The Morgan fingerprint density at radius 1 is 1.31 bits per heavy atom. The molecule has 3 rings (SSSR count). The molecule has 144 valence electrons. The molecule has 0 amide bonds. The number of hydrogen-bond donors (Lipinski definition) is 0. The molecule has 0 aromatic rings. The minimum absolute atomic E-state index is 0.00235. The fourth-order valence-electron chi connectivity index (χ4n) is 4.61. The van der Waals surface area contributed by atoms with Crippen LogP contribution in [0.2, 0.25) is 0 Å². The lowest BCUT2D eigenvalue weighted by Gasteiger charge is -2.31. The van der Waals surface area contributed by atoms with E-state index in [9.17, 15) is 19.2 Å². The van der Waals surface area contributed by atoms with Gasteiger partial charge in [-0.15, -0.1) is 0 Å². The monoisotopic (exact) mass is 366 g/mol. The summed E-state index contributed by atoms with van der Waals surface area (Å²) in [6.07, 6.45) is 0.999. The predicted octanol–water partition coefficient (Wildman–Crippen LogP) is 1.81. The summed E-state index contributed by atoms with van der Waals surface area (Å²) in [6.45, 7) is 6.41. The smallest absolute Gasteiger partial charge is 0.344 e. The molecule has 3 aliphatic rings. The van der Waals surface area contributed by atoms with Crippen molar-refractivity contribution in [3.8, 4) is 0 Å². The van der Waals surface area contributed by atoms with Gasteiger partial charge in [0.2, 0.25) is 0 Å². The molecule has 7 heteroatoms. The zero-order valence-corrected chi connectivity index (χ0v) is 15.7. The highest BCUT2D eigenvalue weighted by molar-refractivity contribution is 5.88. The summed E-state index contributed by atoms with van der Waals surface area (Å²) >= 11 is 0. The topological polar surface area (TPSA) is 96.0 Å². The standard InChI is InChI=1S/C19H26O7/c1-5-18(3,4)16(22)24-9-13(21)25-14-11-6-12-15(14)26-17(23)19(12,8-11)7-10(2)20/h11-12,14-15H,5-9H2,1-4H3. The average molecular weight is 366 g/mol. The molecule has 0 aromatic heterocycles. The van der Waals surface area contributed by atoms with Crippen LogP contribution in [-0.2, 0) is 33.4 Å². The van der Waals surface area contributed by atoms with Crippen LogP contribution in [0.25, 0.3) is 0 Å². The molecule has 5 atom stereocenters. The fourth-order valence-corrected chi connectivity index (χ4v) is 4.61. The van der Waals surface area contributed by atoms with Crippen LogP contribution in [0.15, 0.2) is 0 Å². The van der Waals surface area contributed by atoms with Crippen molar-refractivity contribution >= 4 is 23.7 Å². The van der Waals surface area contributed by atoms with Crippen molar-refractivity contribution < 1.29 is 33.4 Å². The third kappa shape index (κ3) is 2.91. The van der Waals surface area contributed by atoms with Gasteiger partial charge < -0.3 is 14.2 Å². The third-order valence-electron chi connectivity index (χ3n) is 6.32. The average Bonchev–Trinajstić information content (AvgIpc) is 3.13. The normalized spacial score (nSPS) is 34.5. The van der Waals surface area contributed by atoms with Gasteiger partial charge in [0.15, 0.2) is 6.61 Å². The number of carbonyl (C=O) groups excluding carboxylic acids is 4. The number of esters is 3. The summed E-state index contributed by atoms with van der Waals surface area (Å²) in [4.78, 5) is 48.0. The van der Waals surface area contributed by atoms with Crippen LogP contribution < -0.4 is 0 Å². The van der Waals surface area contributed by atoms with E-state index in [0.29, 0.717) is 19.3 Å². The number of rotatable bonds is 7. The number of ether oxygens (including phenoxy) is 3. The Hall–Kier alpha value is -1.92. The van der Waals surface area contributed by atoms with Gasteiger partial charge in [0.05, 0.1) is 10.8 Å². The molecule has 0 N–H and O–H groups in total. The molecule has 2 saturated carbocycles. The van der Waals surface area contributed by atoms with E-state index < -0.39 is 41.6 Å². The third-order valence-corrected chi connectivity index (χ3v) is 6.32. The van der Waals surface area contributed by atoms with Crippen LogP contribution in [0, 0.1) is 22.7 Å². The Kier molecular flexibility index (Phi) is 4.61. The first-order valence-electron chi connectivity index (χ1n) is 9.18. The molecule has 2 aliphatic carbocycles. The van der Waals surface area contributed by atoms with Gasteiger partial charge in [0.25, 0.3) is 0 Å². The molecule has 1 saturated heterocycles. The van der Waals surface area contributed by atoms with E-state index in [1.54, 1.807) is 13.8 Å². The van der Waals surface area contributed by atoms with Gasteiger partial charge in [0.1, 0.15) is 18.0 Å². The highest BCUT2D eigenvalue weighted by Crippen LogP contribution is 2.63. The van der Waals surface area contributed by atoms with Crippen molar-refractivity contribution in [2.45, 2.75) is 65.6 Å². The largest absolute Gasteiger partial charge is 0.458 e. The van der Waals surface area contributed by atoms with E-state index in [4.69, 9.17) is 14.2 Å². The van der Waals surface area contributed by atoms with Gasteiger partial charge in [0, 0.05) is 18.3 Å². The molecular formula is C19H26O7. The molecule has 5 unspecified atom stereocenters. The van der Waals surface area contributed by atoms with Crippen molar-refractivity contribution in [3.63, 3.8) is 0 Å². The van der Waals surface area contributed by atoms with Crippen LogP contribution >= 0.6 is 0 Å². The molecule has 3 fully saturated rings. The quantitative estimate of drug-likeness (QED) is 0.501. The summed E-state index contributed by atoms with van der Waals surface area (Å²) in [7, 11) is 0. The lowest BCUT2D eigenvalue weighted by atomic mass is 9.70. The maximum Gasteiger partial charge on any atom is 0.344 e. The molecule has 7 nitrogen and oxygen atoms in total. The predicted molar refractivity (Wildman–Crippen MR) is 88.7 cm³/mol. The first-order chi connectivity index (χ1) is 12.1. The summed E-state index contributed by atoms with van der Waals surface area (Å²) < 4.78 is 16.0. The van der Waals surface area contributed by atoms with Crippen LogP contribution in [0.1, 0.15) is 53.4 Å². The van der Waals surface area contributed by atoms with E-state index in [1.165, 1.54) is 6.92 Å². The maximum atomic E-state index is 12.4. The Labute approximate surface area is 152 Å². The Bertz CT molecular complexity index is 652. The first-order valence-corrected chi connectivity index (χ1v) is 9.18. The van der Waals surface area contributed by atoms with Gasteiger partial charge in [-0.05, 0) is 40.0 Å². The molecule has 2 bridgehead atoms. The van der Waals surface area contributed by atoms with Crippen molar-refractivity contribution in [1.29, 1.82) is 0 Å². The van der Waals surface area contributed by atoms with E-state index in [2.05, 4.69) is 0 Å². The van der Waals surface area contributed by atoms with Crippen LogP contribution in [0.5, 0.6) is 0 Å². The van der Waals surface area contributed by atoms with E-state index in [-0.39, 0.29) is 30.0 Å². The molecule has 0 radical (unpaired) electrons. The van der Waals surface area contributed by atoms with Crippen LogP contribution in [-0.4, -0.2) is 42.5 Å². The number of Topliss-reactive ketones (excluding diaryl/α,β-unsaturated/α-hetero) is 1. The molecular weight excluding hydrogens is 340 g/mol. The number of ketones is 1. The second kappa shape index (κ2) is 6.35. The van der Waals surface area contributed by atoms with Gasteiger partial charge in [-0.2, -0.15) is 0 Å². The van der Waals surface area contributed by atoms with Gasteiger partial charge in [-0.1, -0.05) is 6.92 Å². The van der Waals surface area contributed by atoms with Crippen molar-refractivity contribution in [3.05, 3.63) is 0 Å². The zero-order valence-electron chi connectivity index (χ0n) is 15.7. The number of fused-ring (bicyclic) bond motifs is 1. The summed E-state index contributed by atoms with van der Waals surface area (Å²) in [5.74, 6) is -1.54. The highest BCUT2D eigenvalue weighted by Gasteiger charge is 2.71. The molecule has 0 aromatic carbocycles. The van der Waals surface area contributed by atoms with Gasteiger partial charge >= 0.3 is 17.9 Å². The Morgan fingerprint density at radius 2 is 2.00 bits per heavy atom. The second-order valence-corrected chi connectivity index (χ2v) is 8.48. The first kappa shape index (κ1) is 18.9. The number of hydrogen-bond acceptors (Lipinski definition) is 7. The number of carbonyl (C=O) groups is 4. The van der Waals surface area contributed by atoms with Gasteiger partial charge in [-0.25, -0.2) is 4.79 Å². The Balaban J connectivity index is 1.59. The van der Waals surface area contributed by atoms with E-state index in [0.717, 1.165) is 0 Å². The van der Waals surface area contributed by atoms with Crippen molar-refractivity contribution in [2.24, 2.45) is 22.7 Å². The molecule has 0 spiro atoms. The Morgan fingerprint density at radius 3 is 2.62 bits per heavy atom.